The summed E-state index contributed by atoms with van der Waals surface area (Å²) in [6.45, 7) is 1.57. The molecule has 1 aromatic carbocycles. The Morgan fingerprint density at radius 1 is 1.23 bits per heavy atom. The van der Waals surface area contributed by atoms with E-state index in [0.29, 0.717) is 10.4 Å². The van der Waals surface area contributed by atoms with E-state index in [-0.39, 0.29) is 5.56 Å². The lowest BCUT2D eigenvalue weighted by Gasteiger charge is -2.24. The molecule has 0 saturated heterocycles. The first-order valence-electron chi connectivity index (χ1n) is 7.27. The van der Waals surface area contributed by atoms with Crippen LogP contribution in [0, 0.1) is 0 Å². The van der Waals surface area contributed by atoms with Crippen molar-refractivity contribution in [2.24, 2.45) is 0 Å². The molecular formula is C17H14ClN3O. The second kappa shape index (κ2) is 5.14. The summed E-state index contributed by atoms with van der Waals surface area (Å²) in [5.74, 6) is 0.838. The Kier molecular flexibility index (Phi) is 3.12. The van der Waals surface area contributed by atoms with Crippen LogP contribution in [0.1, 0.15) is 6.42 Å². The van der Waals surface area contributed by atoms with E-state index in [1.165, 1.54) is 0 Å². The number of fused-ring (bicyclic) bond motifs is 2. The molecule has 3 aromatic rings. The van der Waals surface area contributed by atoms with Crippen LogP contribution in [0.15, 0.2) is 47.4 Å². The molecule has 0 saturated carbocycles. The third-order valence-electron chi connectivity index (χ3n) is 3.99. The number of nitrogens with zero attached hydrogens (tertiary/aromatic N) is 2. The van der Waals surface area contributed by atoms with Gasteiger partial charge in [0.25, 0.3) is 5.56 Å². The SMILES string of the molecule is O=c1c2cccnc2c(-c2cccc(Cl)c2)c2n1CCCN2. The summed E-state index contributed by atoms with van der Waals surface area (Å²) < 4.78 is 1.81. The van der Waals surface area contributed by atoms with Crippen molar-refractivity contribution in [3.63, 3.8) is 0 Å². The highest BCUT2D eigenvalue weighted by molar-refractivity contribution is 6.31. The molecule has 4 nitrogen and oxygen atoms in total. The van der Waals surface area contributed by atoms with E-state index in [4.69, 9.17) is 11.6 Å². The van der Waals surface area contributed by atoms with Gasteiger partial charge in [-0.3, -0.25) is 14.3 Å². The molecular weight excluding hydrogens is 298 g/mol. The first-order valence-corrected chi connectivity index (χ1v) is 7.65. The zero-order chi connectivity index (χ0) is 15.1. The van der Waals surface area contributed by atoms with Crippen LogP contribution in [0.25, 0.3) is 22.0 Å². The van der Waals surface area contributed by atoms with Crippen LogP contribution in [0.4, 0.5) is 5.82 Å². The standard InChI is InChI=1S/C17H14ClN3O/c18-12-5-1-4-11(10-12)14-15-13(6-2-7-19-15)17(22)21-9-3-8-20-16(14)21/h1-2,4-7,10,20H,3,8-9H2. The van der Waals surface area contributed by atoms with Gasteiger partial charge in [-0.1, -0.05) is 23.7 Å². The molecule has 2 aromatic heterocycles. The summed E-state index contributed by atoms with van der Waals surface area (Å²) in [5, 5.41) is 4.67. The van der Waals surface area contributed by atoms with Crippen LogP contribution in [-0.2, 0) is 6.54 Å². The maximum atomic E-state index is 12.7. The highest BCUT2D eigenvalue weighted by Gasteiger charge is 2.20. The van der Waals surface area contributed by atoms with Crippen molar-refractivity contribution < 1.29 is 0 Å². The third kappa shape index (κ3) is 1.99. The maximum Gasteiger partial charge on any atom is 0.261 e. The number of anilines is 1. The summed E-state index contributed by atoms with van der Waals surface area (Å²) in [6, 6.07) is 11.3. The van der Waals surface area contributed by atoms with Crippen molar-refractivity contribution in [3.05, 3.63) is 58.0 Å². The Hall–Kier alpha value is -2.33. The molecule has 5 heteroatoms. The predicted molar refractivity (Wildman–Crippen MR) is 89.6 cm³/mol. The van der Waals surface area contributed by atoms with E-state index in [2.05, 4.69) is 10.3 Å². The molecule has 0 aliphatic carbocycles. The molecule has 0 unspecified atom stereocenters. The summed E-state index contributed by atoms with van der Waals surface area (Å²) >= 11 is 6.15. The van der Waals surface area contributed by atoms with Gasteiger partial charge in [-0.25, -0.2) is 0 Å². The molecule has 0 radical (unpaired) electrons. The number of hydrogen-bond acceptors (Lipinski definition) is 3. The van der Waals surface area contributed by atoms with Gasteiger partial charge in [-0.05, 0) is 36.2 Å². The number of nitrogens with one attached hydrogen (secondary N) is 1. The molecule has 0 spiro atoms. The van der Waals surface area contributed by atoms with Crippen LogP contribution in [0.5, 0.6) is 0 Å². The van der Waals surface area contributed by atoms with E-state index in [9.17, 15) is 4.79 Å². The largest absolute Gasteiger partial charge is 0.371 e. The molecule has 0 amide bonds. The van der Waals surface area contributed by atoms with Crippen molar-refractivity contribution in [1.29, 1.82) is 0 Å². The maximum absolute atomic E-state index is 12.7. The summed E-state index contributed by atoms with van der Waals surface area (Å²) in [6.07, 6.45) is 2.66. The van der Waals surface area contributed by atoms with Gasteiger partial charge in [0.2, 0.25) is 0 Å². The lowest BCUT2D eigenvalue weighted by atomic mass is 10.0. The van der Waals surface area contributed by atoms with Gasteiger partial charge >= 0.3 is 0 Å². The van der Waals surface area contributed by atoms with E-state index < -0.39 is 0 Å². The summed E-state index contributed by atoms with van der Waals surface area (Å²) in [7, 11) is 0. The Bertz CT molecular complexity index is 933. The van der Waals surface area contributed by atoms with Crippen molar-refractivity contribution in [3.8, 4) is 11.1 Å². The van der Waals surface area contributed by atoms with E-state index in [1.807, 2.05) is 34.9 Å². The summed E-state index contributed by atoms with van der Waals surface area (Å²) in [4.78, 5) is 17.1. The van der Waals surface area contributed by atoms with Gasteiger partial charge in [0, 0.05) is 29.9 Å². The average Bonchev–Trinajstić information content (AvgIpc) is 2.55. The minimum Gasteiger partial charge on any atom is -0.371 e. The summed E-state index contributed by atoms with van der Waals surface area (Å²) in [5.41, 5.74) is 2.64. The van der Waals surface area contributed by atoms with Gasteiger partial charge in [0.05, 0.1) is 10.9 Å². The second-order valence-corrected chi connectivity index (χ2v) is 5.81. The van der Waals surface area contributed by atoms with Gasteiger partial charge < -0.3 is 5.32 Å². The topological polar surface area (TPSA) is 46.9 Å². The average molecular weight is 312 g/mol. The van der Waals surface area contributed by atoms with Gasteiger partial charge in [0.15, 0.2) is 0 Å². The van der Waals surface area contributed by atoms with Crippen LogP contribution in [-0.4, -0.2) is 16.1 Å². The zero-order valence-corrected chi connectivity index (χ0v) is 12.6. The number of aromatic nitrogens is 2. The normalized spacial score (nSPS) is 13.7. The highest BCUT2D eigenvalue weighted by Crippen LogP contribution is 2.35. The number of halogens is 1. The minimum absolute atomic E-state index is 0.0103. The van der Waals surface area contributed by atoms with Gasteiger partial charge in [0.1, 0.15) is 5.82 Å². The second-order valence-electron chi connectivity index (χ2n) is 5.37. The molecule has 1 aliphatic rings. The number of pyridine rings is 2. The molecule has 1 N–H and O–H groups in total. The quantitative estimate of drug-likeness (QED) is 0.748. The Morgan fingerprint density at radius 3 is 3.00 bits per heavy atom. The molecule has 22 heavy (non-hydrogen) atoms. The molecule has 0 fully saturated rings. The fraction of sp³-hybridized carbons (Fsp3) is 0.176. The predicted octanol–water partition coefficient (Wildman–Crippen LogP) is 3.53. The molecule has 0 bridgehead atoms. The van der Waals surface area contributed by atoms with Crippen LogP contribution in [0.2, 0.25) is 5.02 Å². The smallest absolute Gasteiger partial charge is 0.261 e. The van der Waals surface area contributed by atoms with Crippen molar-refractivity contribution in [2.45, 2.75) is 13.0 Å². The fourth-order valence-electron chi connectivity index (χ4n) is 3.03. The Labute approximate surface area is 132 Å². The lowest BCUT2D eigenvalue weighted by Crippen LogP contribution is -2.30. The van der Waals surface area contributed by atoms with Crippen molar-refractivity contribution >= 4 is 28.3 Å². The number of hydrogen-bond donors (Lipinski definition) is 1. The minimum atomic E-state index is 0.0103. The monoisotopic (exact) mass is 311 g/mol. The fourth-order valence-corrected chi connectivity index (χ4v) is 3.22. The van der Waals surface area contributed by atoms with Crippen molar-refractivity contribution in [1.82, 2.24) is 9.55 Å². The molecule has 3 heterocycles. The molecule has 110 valence electrons. The van der Waals surface area contributed by atoms with Gasteiger partial charge in [-0.15, -0.1) is 0 Å². The van der Waals surface area contributed by atoms with E-state index in [0.717, 1.165) is 42.0 Å². The Morgan fingerprint density at radius 2 is 2.14 bits per heavy atom. The lowest BCUT2D eigenvalue weighted by molar-refractivity contribution is 0.614. The number of benzene rings is 1. The first-order chi connectivity index (χ1) is 10.8. The van der Waals surface area contributed by atoms with Crippen LogP contribution < -0.4 is 10.9 Å². The van der Waals surface area contributed by atoms with Crippen LogP contribution in [0.3, 0.4) is 0 Å². The van der Waals surface area contributed by atoms with Crippen molar-refractivity contribution in [2.75, 3.05) is 11.9 Å². The molecule has 4 rings (SSSR count). The van der Waals surface area contributed by atoms with Gasteiger partial charge in [-0.2, -0.15) is 0 Å². The first kappa shape index (κ1) is 13.3. The highest BCUT2D eigenvalue weighted by atomic mass is 35.5. The van der Waals surface area contributed by atoms with E-state index >= 15 is 0 Å². The third-order valence-corrected chi connectivity index (χ3v) is 4.23. The molecule has 1 aliphatic heterocycles. The van der Waals surface area contributed by atoms with Crippen LogP contribution >= 0.6 is 11.6 Å². The number of rotatable bonds is 1. The zero-order valence-electron chi connectivity index (χ0n) is 11.8. The van der Waals surface area contributed by atoms with E-state index in [1.54, 1.807) is 12.3 Å². The molecule has 0 atom stereocenters. The Balaban J connectivity index is 2.16.